The molecule has 22 heavy (non-hydrogen) atoms. The third-order valence-corrected chi connectivity index (χ3v) is 11.7. The zero-order valence-corrected chi connectivity index (χ0v) is 17.7. The quantitative estimate of drug-likeness (QED) is 0.396. The van der Waals surface area contributed by atoms with Crippen molar-refractivity contribution < 1.29 is 49.3 Å². The van der Waals surface area contributed by atoms with Gasteiger partial charge < -0.3 is 24.8 Å². The molecule has 6 heteroatoms. The Balaban J connectivity index is 0.000000882. The summed E-state index contributed by atoms with van der Waals surface area (Å²) in [6.07, 6.45) is 12.0. The fourth-order valence-electron chi connectivity index (χ4n) is 2.82. The van der Waals surface area contributed by atoms with Crippen molar-refractivity contribution in [1.29, 1.82) is 0 Å². The monoisotopic (exact) mass is 490 g/mol. The number of hydrogen-bond acceptors (Lipinski definition) is 2. The molecule has 0 bridgehead atoms. The molecule has 1 aromatic carbocycles. The second-order valence-corrected chi connectivity index (χ2v) is 12.8. The first kappa shape index (κ1) is 18.5. The van der Waals surface area contributed by atoms with Crippen LogP contribution in [0.3, 0.4) is 0 Å². The number of benzene rings is 1. The fourth-order valence-corrected chi connectivity index (χ4v) is 9.17. The van der Waals surface area contributed by atoms with E-state index in [-0.39, 0.29) is 29.8 Å². The van der Waals surface area contributed by atoms with Crippen molar-refractivity contribution in [2.45, 2.75) is 11.4 Å². The van der Waals surface area contributed by atoms with Crippen molar-refractivity contribution in [1.82, 2.24) is 0 Å². The third-order valence-electron chi connectivity index (χ3n) is 3.76. The van der Waals surface area contributed by atoms with Crippen LogP contribution in [-0.2, 0) is 24.4 Å². The normalized spacial score (nSPS) is 19.5. The Kier molecular flexibility index (Phi) is 6.18. The van der Waals surface area contributed by atoms with E-state index >= 15 is 0 Å². The van der Waals surface area contributed by atoms with Crippen LogP contribution in [0.25, 0.3) is 11.8 Å². The van der Waals surface area contributed by atoms with Crippen LogP contribution in [0, 0.1) is 0 Å². The van der Waals surface area contributed by atoms with E-state index in [4.69, 9.17) is 13.6 Å². The van der Waals surface area contributed by atoms with Crippen molar-refractivity contribution in [2.24, 2.45) is 0 Å². The van der Waals surface area contributed by atoms with Crippen LogP contribution in [0.1, 0.15) is 6.42 Å². The Hall–Kier alpha value is 0.143. The van der Waals surface area contributed by atoms with Gasteiger partial charge in [0.05, 0.1) is 0 Å². The van der Waals surface area contributed by atoms with E-state index < -0.39 is 19.7 Å². The molecule has 0 N–H and O–H groups in total. The van der Waals surface area contributed by atoms with Gasteiger partial charge in [0.15, 0.2) is 0 Å². The number of fused-ring (bicyclic) bond motifs is 2. The molecule has 1 aromatic rings. The van der Waals surface area contributed by atoms with E-state index in [1.165, 1.54) is 22.6 Å². The van der Waals surface area contributed by atoms with Gasteiger partial charge in [-0.05, 0) is 0 Å². The molecule has 0 spiro atoms. The summed E-state index contributed by atoms with van der Waals surface area (Å²) < 4.78 is 8.75. The van der Waals surface area contributed by atoms with E-state index in [2.05, 4.69) is 64.5 Å². The van der Waals surface area contributed by atoms with E-state index in [9.17, 15) is 0 Å². The summed E-state index contributed by atoms with van der Waals surface area (Å²) in [5, 5.41) is 2.53. The third kappa shape index (κ3) is 3.06. The molecule has 0 fully saturated rings. The molecule has 1 nitrogen and oxygen atoms in total. The molecule has 2 aliphatic carbocycles. The van der Waals surface area contributed by atoms with Gasteiger partial charge in [-0.25, -0.2) is 0 Å². The van der Waals surface area contributed by atoms with E-state index in [0.717, 1.165) is 12.2 Å². The van der Waals surface area contributed by atoms with Gasteiger partial charge >= 0.3 is 138 Å². The maximum atomic E-state index is 5.95. The summed E-state index contributed by atoms with van der Waals surface area (Å²) in [4.78, 5) is 0. The summed E-state index contributed by atoms with van der Waals surface area (Å²) >= 11 is 1.38. The number of rotatable bonds is 2. The average Bonchev–Trinajstić information content (AvgIpc) is 3.12. The van der Waals surface area contributed by atoms with Gasteiger partial charge in [0.1, 0.15) is 0 Å². The van der Waals surface area contributed by atoms with Crippen LogP contribution < -0.4 is 38.5 Å². The Morgan fingerprint density at radius 1 is 1.27 bits per heavy atom. The molecule has 1 aliphatic heterocycles. The van der Waals surface area contributed by atoms with Crippen LogP contribution in [0.2, 0.25) is 0 Å². The molecule has 4 rings (SSSR count). The number of allylic oxidation sites excluding steroid dienone is 4. The number of halogens is 3. The predicted molar refractivity (Wildman–Crippen MR) is 84.5 cm³/mol. The maximum absolute atomic E-state index is 5.95. The second kappa shape index (κ2) is 7.36. The average molecular weight is 493 g/mol. The zero-order chi connectivity index (χ0) is 13.7. The molecular weight excluding hydrogens is 482 g/mol. The molecule has 0 saturated heterocycles. The topological polar surface area (TPSA) is 9.23 Å². The van der Waals surface area contributed by atoms with Crippen molar-refractivity contribution in [3.8, 4) is 0 Å². The molecule has 1 heterocycles. The summed E-state index contributed by atoms with van der Waals surface area (Å²) in [6.45, 7) is 0. The number of hydrogen-bond donors (Lipinski definition) is 0. The molecule has 112 valence electrons. The molecule has 0 aromatic heterocycles. The fraction of sp³-hybridized carbons (Fsp3) is 0.125. The van der Waals surface area contributed by atoms with Gasteiger partial charge in [0, 0.05) is 0 Å². The Bertz CT molecular complexity index is 857. The van der Waals surface area contributed by atoms with Crippen LogP contribution in [0.4, 0.5) is 0 Å². The number of ether oxygens (including phenoxy) is 1. The van der Waals surface area contributed by atoms with Gasteiger partial charge in [-0.1, -0.05) is 0 Å². The van der Waals surface area contributed by atoms with Gasteiger partial charge in [-0.2, -0.15) is 0 Å². The van der Waals surface area contributed by atoms with E-state index in [1.54, 1.807) is 0 Å². The van der Waals surface area contributed by atoms with Crippen molar-refractivity contribution in [3.05, 3.63) is 61.8 Å². The Labute approximate surface area is 161 Å². The predicted octanol–water partition coefficient (Wildman–Crippen LogP) is -3.53. The Morgan fingerprint density at radius 2 is 2.09 bits per heavy atom. The van der Waals surface area contributed by atoms with Gasteiger partial charge in [-0.3, -0.25) is 0 Å². The zero-order valence-electron chi connectivity index (χ0n) is 11.4. The van der Waals surface area contributed by atoms with Gasteiger partial charge in [-0.15, -0.1) is 0 Å². The minimum absolute atomic E-state index is 0. The van der Waals surface area contributed by atoms with Crippen LogP contribution in [0.5, 0.6) is 0 Å². The van der Waals surface area contributed by atoms with Gasteiger partial charge in [0.25, 0.3) is 0 Å². The second-order valence-electron chi connectivity index (χ2n) is 4.98. The van der Waals surface area contributed by atoms with Crippen molar-refractivity contribution >= 4 is 39.9 Å². The van der Waals surface area contributed by atoms with Gasteiger partial charge in [0.2, 0.25) is 0 Å². The molecule has 0 amide bonds. The first-order chi connectivity index (χ1) is 9.74. The molecule has 1 atom stereocenters. The van der Waals surface area contributed by atoms with Crippen LogP contribution in [0.15, 0.2) is 51.4 Å². The van der Waals surface area contributed by atoms with E-state index in [0.29, 0.717) is 0 Å². The van der Waals surface area contributed by atoms with Crippen molar-refractivity contribution in [2.75, 3.05) is 0 Å². The molecule has 1 unspecified atom stereocenters. The first-order valence-electron chi connectivity index (χ1n) is 6.52. The number of alkyl halides is 1. The Morgan fingerprint density at radius 3 is 2.82 bits per heavy atom. The van der Waals surface area contributed by atoms with Crippen molar-refractivity contribution in [3.63, 3.8) is 0 Å². The SMILES string of the molecule is [Cl-].[Cl-].[S]=[Zr+2]([C]1=CC=CC1)[c]1cccc2c1=CC1=CC(Br)OC=21. The summed E-state index contributed by atoms with van der Waals surface area (Å²) in [7, 11) is 5.95. The standard InChI is InChI=1S/C11H6BrO.C5H5.2ClH.S.Zr/c12-10-6-8-5-7-3-1-2-4-9(7)11(8)13-10;1-2-4-5-3-1;;;;/h1-2,4-6,10H;1-3H,4H2;2*1H;;/q;;;;;+2/p-2. The molecular formula is C16H11BrCl2OSZr. The minimum atomic E-state index is -2.10. The van der Waals surface area contributed by atoms with Crippen LogP contribution in [-0.4, -0.2) is 5.01 Å². The summed E-state index contributed by atoms with van der Waals surface area (Å²) in [5.74, 6) is 1.01. The summed E-state index contributed by atoms with van der Waals surface area (Å²) in [6, 6.07) is 6.49. The molecule has 3 aliphatic rings. The first-order valence-corrected chi connectivity index (χ1v) is 13.3. The van der Waals surface area contributed by atoms with Crippen LogP contribution >= 0.6 is 24.8 Å². The summed E-state index contributed by atoms with van der Waals surface area (Å²) in [5.41, 5.74) is 1.19. The van der Waals surface area contributed by atoms with E-state index in [1.807, 2.05) is 0 Å². The molecule has 0 radical (unpaired) electrons. The molecule has 0 saturated carbocycles.